The molecule has 0 aliphatic heterocycles. The number of aromatic nitrogens is 3. The number of nitrogens with zero attached hydrogens (tertiary/aromatic N) is 2. The average Bonchev–Trinajstić information content (AvgIpc) is 3.08. The lowest BCUT2D eigenvalue weighted by Crippen LogP contribution is -2.28. The normalized spacial score (nSPS) is 14.8. The van der Waals surface area contributed by atoms with Crippen LogP contribution < -0.4 is 15.9 Å². The number of rotatable bonds is 4. The van der Waals surface area contributed by atoms with Gasteiger partial charge in [0.2, 0.25) is 0 Å². The minimum Gasteiger partial charge on any atom is -0.351 e. The van der Waals surface area contributed by atoms with Crippen molar-refractivity contribution in [3.05, 3.63) is 51.4 Å². The van der Waals surface area contributed by atoms with Gasteiger partial charge in [0.15, 0.2) is 0 Å². The molecule has 2 aromatic heterocycles. The molecule has 2 aromatic rings. The molecular weight excluding hydrogens is 332 g/mol. The smallest absolute Gasteiger partial charge is 0.268 e. The Hall–Kier alpha value is -1.92. The van der Waals surface area contributed by atoms with E-state index >= 15 is 0 Å². The first-order chi connectivity index (χ1) is 11.1. The maximum Gasteiger partial charge on any atom is 0.268 e. The van der Waals surface area contributed by atoms with E-state index in [1.165, 1.54) is 4.09 Å². The number of carbonyl (C=O) groups is 1. The van der Waals surface area contributed by atoms with Crippen molar-refractivity contribution < 1.29 is 4.79 Å². The summed E-state index contributed by atoms with van der Waals surface area (Å²) in [6.07, 6.45) is 10.8. The molecule has 1 unspecified atom stereocenters. The zero-order valence-electron chi connectivity index (χ0n) is 12.6. The van der Waals surface area contributed by atoms with E-state index < -0.39 is 0 Å². The predicted molar refractivity (Wildman–Crippen MR) is 94.6 cm³/mol. The van der Waals surface area contributed by atoms with Gasteiger partial charge in [0.05, 0.1) is 12.2 Å². The Labute approximate surface area is 144 Å². The lowest BCUT2D eigenvalue weighted by atomic mass is 10.1. The number of thiol groups is 1. The van der Waals surface area contributed by atoms with Gasteiger partial charge in [-0.3, -0.25) is 4.79 Å². The van der Waals surface area contributed by atoms with Crippen molar-refractivity contribution in [3.63, 3.8) is 0 Å². The molecule has 1 aliphatic rings. The first-order valence-electron chi connectivity index (χ1n) is 7.38. The molecule has 7 heteroatoms. The number of H-pyrrole nitrogens is 1. The lowest BCUT2D eigenvalue weighted by molar-refractivity contribution is 0.0931. The Morgan fingerprint density at radius 3 is 3.09 bits per heavy atom. The summed E-state index contributed by atoms with van der Waals surface area (Å²) in [6, 6.07) is 1.71. The van der Waals surface area contributed by atoms with Crippen LogP contribution in [0.3, 0.4) is 0 Å². The van der Waals surface area contributed by atoms with Crippen LogP contribution in [0.2, 0.25) is 0 Å². The third-order valence-corrected chi connectivity index (χ3v) is 4.24. The van der Waals surface area contributed by atoms with Gasteiger partial charge in [0.1, 0.15) is 5.69 Å². The summed E-state index contributed by atoms with van der Waals surface area (Å²) in [6.45, 7) is 2.01. The number of halogens is 1. The van der Waals surface area contributed by atoms with Crippen LogP contribution in [0, 0.1) is 0 Å². The molecule has 0 saturated heterocycles. The fourth-order valence-corrected chi connectivity index (χ4v) is 2.95. The van der Waals surface area contributed by atoms with E-state index in [0.29, 0.717) is 10.7 Å². The van der Waals surface area contributed by atoms with Gasteiger partial charge in [-0.2, -0.15) is 5.10 Å². The highest BCUT2D eigenvalue weighted by molar-refractivity contribution is 7.78. The van der Waals surface area contributed by atoms with Crippen LogP contribution in [0.25, 0.3) is 12.2 Å². The number of hydrogen-bond acceptors (Lipinski definition) is 3. The standard InChI is InChI=1S/C16H17ClN4OS/c1-2-13(11-8-18-21(23)9-11)20-16(22)15-7-10-6-12(17)4-3-5-14(10)19-15/h4-9,13,19,23H,2-3H2,1H3,(H,20,22). The molecule has 1 amide bonds. The molecule has 0 spiro atoms. The van der Waals surface area contributed by atoms with Gasteiger partial charge in [-0.15, -0.1) is 0 Å². The Kier molecular flexibility index (Phi) is 4.63. The van der Waals surface area contributed by atoms with E-state index in [9.17, 15) is 4.79 Å². The highest BCUT2D eigenvalue weighted by Crippen LogP contribution is 2.16. The number of amides is 1. The molecule has 23 heavy (non-hydrogen) atoms. The summed E-state index contributed by atoms with van der Waals surface area (Å²) in [5, 5.41) is 9.56. The van der Waals surface area contributed by atoms with E-state index in [2.05, 4.69) is 28.2 Å². The third kappa shape index (κ3) is 3.54. The maximum absolute atomic E-state index is 12.5. The van der Waals surface area contributed by atoms with Gasteiger partial charge in [-0.25, -0.2) is 4.09 Å². The Morgan fingerprint density at radius 2 is 2.39 bits per heavy atom. The number of carbonyl (C=O) groups excluding carboxylic acids is 1. The first-order valence-corrected chi connectivity index (χ1v) is 8.16. The Balaban J connectivity index is 1.84. The number of aromatic amines is 1. The number of allylic oxidation sites excluding steroid dienone is 2. The zero-order valence-corrected chi connectivity index (χ0v) is 14.2. The molecule has 0 radical (unpaired) electrons. The topological polar surface area (TPSA) is 62.7 Å². The van der Waals surface area contributed by atoms with E-state index in [4.69, 9.17) is 11.6 Å². The van der Waals surface area contributed by atoms with Crippen molar-refractivity contribution in [3.8, 4) is 0 Å². The molecule has 5 nitrogen and oxygen atoms in total. The second-order valence-corrected chi connectivity index (χ2v) is 6.20. The predicted octanol–water partition coefficient (Wildman–Crippen LogP) is 1.87. The minimum absolute atomic E-state index is 0.108. The molecule has 3 rings (SSSR count). The van der Waals surface area contributed by atoms with E-state index in [1.54, 1.807) is 12.4 Å². The summed E-state index contributed by atoms with van der Waals surface area (Å²) in [7, 11) is 0. The molecule has 0 fully saturated rings. The minimum atomic E-state index is -0.154. The molecule has 1 atom stereocenters. The monoisotopic (exact) mass is 348 g/mol. The Bertz CT molecular complexity index is 880. The molecule has 0 saturated carbocycles. The van der Waals surface area contributed by atoms with E-state index in [0.717, 1.165) is 29.0 Å². The fourth-order valence-electron chi connectivity index (χ4n) is 2.56. The highest BCUT2D eigenvalue weighted by atomic mass is 35.5. The van der Waals surface area contributed by atoms with Crippen LogP contribution in [0.5, 0.6) is 0 Å². The molecule has 1 aliphatic carbocycles. The van der Waals surface area contributed by atoms with Crippen LogP contribution in [0.4, 0.5) is 0 Å². The summed E-state index contributed by atoms with van der Waals surface area (Å²) in [5.41, 5.74) is 1.44. The van der Waals surface area contributed by atoms with Crippen LogP contribution in [-0.4, -0.2) is 20.1 Å². The summed E-state index contributed by atoms with van der Waals surface area (Å²) in [5.74, 6) is -0.154. The lowest BCUT2D eigenvalue weighted by Gasteiger charge is -2.14. The van der Waals surface area contributed by atoms with Crippen molar-refractivity contribution in [1.82, 2.24) is 19.5 Å². The van der Waals surface area contributed by atoms with Crippen LogP contribution in [0.15, 0.2) is 29.6 Å². The Morgan fingerprint density at radius 1 is 1.57 bits per heavy atom. The van der Waals surface area contributed by atoms with Gasteiger partial charge >= 0.3 is 0 Å². The number of hydrogen-bond donors (Lipinski definition) is 3. The van der Waals surface area contributed by atoms with Crippen LogP contribution in [-0.2, 0) is 0 Å². The average molecular weight is 349 g/mol. The van der Waals surface area contributed by atoms with E-state index in [1.807, 2.05) is 31.2 Å². The maximum atomic E-state index is 12.5. The quantitative estimate of drug-likeness (QED) is 0.739. The summed E-state index contributed by atoms with van der Waals surface area (Å²) >= 11 is 10.2. The first kappa shape index (κ1) is 16.0. The van der Waals surface area contributed by atoms with Gasteiger partial charge < -0.3 is 10.3 Å². The second kappa shape index (κ2) is 6.68. The second-order valence-electron chi connectivity index (χ2n) is 5.35. The van der Waals surface area contributed by atoms with Crippen LogP contribution in [0.1, 0.15) is 41.9 Å². The molecule has 0 bridgehead atoms. The van der Waals surface area contributed by atoms with Gasteiger partial charge in [0, 0.05) is 27.4 Å². The molecule has 0 aromatic carbocycles. The van der Waals surface area contributed by atoms with Crippen LogP contribution >= 0.6 is 24.4 Å². The molecule has 2 N–H and O–H groups in total. The number of fused-ring (bicyclic) bond motifs is 1. The zero-order chi connectivity index (χ0) is 16.4. The highest BCUT2D eigenvalue weighted by Gasteiger charge is 2.16. The van der Waals surface area contributed by atoms with Gasteiger partial charge in [-0.1, -0.05) is 30.7 Å². The summed E-state index contributed by atoms with van der Waals surface area (Å²) in [4.78, 5) is 15.7. The van der Waals surface area contributed by atoms with E-state index in [-0.39, 0.29) is 11.9 Å². The van der Waals surface area contributed by atoms with Crippen molar-refractivity contribution in [1.29, 1.82) is 0 Å². The third-order valence-electron chi connectivity index (χ3n) is 3.76. The SMILES string of the molecule is CCC(NC(=O)c1cc2c([nH]1)=CCC=C(Cl)C=2)c1cnn(S)c1. The van der Waals surface area contributed by atoms with Crippen molar-refractivity contribution >= 4 is 42.5 Å². The van der Waals surface area contributed by atoms with Gasteiger partial charge in [0.25, 0.3) is 5.91 Å². The largest absolute Gasteiger partial charge is 0.351 e. The van der Waals surface area contributed by atoms with Crippen molar-refractivity contribution in [2.24, 2.45) is 0 Å². The van der Waals surface area contributed by atoms with Crippen molar-refractivity contribution in [2.75, 3.05) is 0 Å². The number of nitrogens with one attached hydrogen (secondary N) is 2. The fraction of sp³-hybridized carbons (Fsp3) is 0.250. The van der Waals surface area contributed by atoms with Gasteiger partial charge in [-0.05, 0) is 37.8 Å². The molecule has 120 valence electrons. The summed E-state index contributed by atoms with van der Waals surface area (Å²) < 4.78 is 1.43. The molecular formula is C16H17ClN4OS. The van der Waals surface area contributed by atoms with Crippen molar-refractivity contribution in [2.45, 2.75) is 25.8 Å². The molecule has 2 heterocycles.